The number of carbonyl (C=O) groups excluding carboxylic acids is 1. The van der Waals surface area contributed by atoms with Crippen LogP contribution in [0.15, 0.2) is 24.5 Å². The van der Waals surface area contributed by atoms with Crippen molar-refractivity contribution in [2.75, 3.05) is 17.7 Å². The van der Waals surface area contributed by atoms with Gasteiger partial charge in [0.15, 0.2) is 11.5 Å². The van der Waals surface area contributed by atoms with Crippen LogP contribution in [0.4, 0.5) is 30.6 Å². The number of halogens is 3. The molecule has 1 saturated carbocycles. The van der Waals surface area contributed by atoms with E-state index < -0.39 is 12.7 Å². The van der Waals surface area contributed by atoms with Gasteiger partial charge < -0.3 is 16.0 Å². The quantitative estimate of drug-likeness (QED) is 0.592. The Balaban J connectivity index is 1.62. The maximum absolute atomic E-state index is 12.5. The third-order valence-corrected chi connectivity index (χ3v) is 4.12. The van der Waals surface area contributed by atoms with Gasteiger partial charge in [0.05, 0.1) is 6.20 Å². The standard InChI is InChI=1S/C16H17F3N8O/c1-20-13-6-12(23-11-4-5-26(25-11)8-16(17,18)19)24-14-10(7-21-27(13)14)15(28)22-9-2-3-9/h4-7,9,20H,2-3,8H2,1H3,(H,22,28)(H,23,24,25). The molecule has 1 aliphatic carbocycles. The maximum Gasteiger partial charge on any atom is 0.408 e. The fourth-order valence-electron chi connectivity index (χ4n) is 2.69. The summed E-state index contributed by atoms with van der Waals surface area (Å²) in [6.45, 7) is -1.18. The zero-order valence-corrected chi connectivity index (χ0v) is 14.8. The average molecular weight is 394 g/mol. The largest absolute Gasteiger partial charge is 0.408 e. The summed E-state index contributed by atoms with van der Waals surface area (Å²) in [4.78, 5) is 16.8. The molecule has 3 aromatic heterocycles. The minimum atomic E-state index is -4.36. The molecule has 4 rings (SSSR count). The van der Waals surface area contributed by atoms with Crippen molar-refractivity contribution in [2.45, 2.75) is 31.6 Å². The third-order valence-electron chi connectivity index (χ3n) is 4.12. The van der Waals surface area contributed by atoms with Crippen LogP contribution >= 0.6 is 0 Å². The first-order chi connectivity index (χ1) is 13.3. The van der Waals surface area contributed by atoms with E-state index in [4.69, 9.17) is 0 Å². The fourth-order valence-corrected chi connectivity index (χ4v) is 2.69. The minimum Gasteiger partial charge on any atom is -0.373 e. The molecule has 28 heavy (non-hydrogen) atoms. The molecule has 0 saturated heterocycles. The predicted molar refractivity (Wildman–Crippen MR) is 94.6 cm³/mol. The van der Waals surface area contributed by atoms with Crippen LogP contribution in [0.3, 0.4) is 0 Å². The highest BCUT2D eigenvalue weighted by Crippen LogP contribution is 2.24. The first-order valence-electron chi connectivity index (χ1n) is 8.57. The van der Waals surface area contributed by atoms with Gasteiger partial charge in [-0.15, -0.1) is 0 Å². The Hall–Kier alpha value is -3.31. The summed E-state index contributed by atoms with van der Waals surface area (Å²) < 4.78 is 39.7. The zero-order chi connectivity index (χ0) is 19.9. The molecule has 1 aliphatic rings. The van der Waals surface area contributed by atoms with Gasteiger partial charge in [-0.05, 0) is 12.8 Å². The van der Waals surface area contributed by atoms with Gasteiger partial charge in [-0.3, -0.25) is 9.48 Å². The first-order valence-corrected chi connectivity index (χ1v) is 8.57. The van der Waals surface area contributed by atoms with Crippen molar-refractivity contribution in [1.29, 1.82) is 0 Å². The van der Waals surface area contributed by atoms with Crippen molar-refractivity contribution in [3.8, 4) is 0 Å². The molecule has 0 unspecified atom stereocenters. The molecule has 1 fully saturated rings. The molecular weight excluding hydrogens is 377 g/mol. The molecule has 0 bridgehead atoms. The number of rotatable bonds is 6. The summed E-state index contributed by atoms with van der Waals surface area (Å²) in [5, 5.41) is 16.7. The van der Waals surface area contributed by atoms with Gasteiger partial charge in [0, 0.05) is 31.4 Å². The number of fused-ring (bicyclic) bond motifs is 1. The SMILES string of the molecule is CNc1cc(Nc2ccn(CC(F)(F)F)n2)nc2c(C(=O)NC3CC3)cnn12. The lowest BCUT2D eigenvalue weighted by Crippen LogP contribution is -2.25. The highest BCUT2D eigenvalue weighted by molar-refractivity contribution is 6.00. The monoisotopic (exact) mass is 394 g/mol. The summed E-state index contributed by atoms with van der Waals surface area (Å²) in [7, 11) is 1.68. The van der Waals surface area contributed by atoms with E-state index >= 15 is 0 Å². The molecule has 1 amide bonds. The third kappa shape index (κ3) is 3.85. The second-order valence-electron chi connectivity index (χ2n) is 6.46. The predicted octanol–water partition coefficient (Wildman–Crippen LogP) is 2.17. The number of nitrogens with zero attached hydrogens (tertiary/aromatic N) is 5. The highest BCUT2D eigenvalue weighted by Gasteiger charge is 2.28. The number of aromatic nitrogens is 5. The molecule has 3 aromatic rings. The summed E-state index contributed by atoms with van der Waals surface area (Å²) in [5.41, 5.74) is 0.636. The van der Waals surface area contributed by atoms with E-state index in [0.29, 0.717) is 22.8 Å². The summed E-state index contributed by atoms with van der Waals surface area (Å²) in [6.07, 6.45) is 0.200. The van der Waals surface area contributed by atoms with Crippen molar-refractivity contribution >= 4 is 29.0 Å². The Bertz CT molecular complexity index is 1020. The average Bonchev–Trinajstić information content (AvgIpc) is 3.16. The minimum absolute atomic E-state index is 0.185. The van der Waals surface area contributed by atoms with Crippen LogP contribution in [0.1, 0.15) is 23.2 Å². The molecule has 0 radical (unpaired) electrons. The molecule has 0 aliphatic heterocycles. The van der Waals surface area contributed by atoms with E-state index in [1.54, 1.807) is 13.1 Å². The topological polar surface area (TPSA) is 101 Å². The molecule has 0 spiro atoms. The zero-order valence-electron chi connectivity index (χ0n) is 14.8. The second kappa shape index (κ2) is 6.69. The van der Waals surface area contributed by atoms with Gasteiger partial charge in [0.1, 0.15) is 23.7 Å². The molecule has 3 heterocycles. The van der Waals surface area contributed by atoms with Crippen molar-refractivity contribution in [3.05, 3.63) is 30.1 Å². The van der Waals surface area contributed by atoms with Crippen LogP contribution in [-0.2, 0) is 6.54 Å². The van der Waals surface area contributed by atoms with Crippen molar-refractivity contribution < 1.29 is 18.0 Å². The summed E-state index contributed by atoms with van der Waals surface area (Å²) in [5.74, 6) is 0.799. The normalized spacial score (nSPS) is 14.3. The lowest BCUT2D eigenvalue weighted by Gasteiger charge is -2.09. The van der Waals surface area contributed by atoms with Crippen LogP contribution in [0.2, 0.25) is 0 Å². The number of anilines is 3. The van der Waals surface area contributed by atoms with Crippen molar-refractivity contribution in [3.63, 3.8) is 0 Å². The Kier molecular flexibility index (Phi) is 4.32. The van der Waals surface area contributed by atoms with Gasteiger partial charge in [-0.1, -0.05) is 0 Å². The van der Waals surface area contributed by atoms with E-state index in [1.807, 2.05) is 0 Å². The van der Waals surface area contributed by atoms with Gasteiger partial charge >= 0.3 is 6.18 Å². The van der Waals surface area contributed by atoms with Crippen LogP contribution in [-0.4, -0.2) is 49.6 Å². The van der Waals surface area contributed by atoms with Crippen LogP contribution in [0, 0.1) is 0 Å². The van der Waals surface area contributed by atoms with Gasteiger partial charge in [-0.2, -0.15) is 27.9 Å². The lowest BCUT2D eigenvalue weighted by atomic mass is 10.3. The second-order valence-corrected chi connectivity index (χ2v) is 6.46. The Labute approximate surface area is 156 Å². The molecule has 148 valence electrons. The van der Waals surface area contributed by atoms with Gasteiger partial charge in [0.2, 0.25) is 0 Å². The molecule has 0 atom stereocenters. The van der Waals surface area contributed by atoms with Gasteiger partial charge in [0.25, 0.3) is 5.91 Å². The van der Waals surface area contributed by atoms with E-state index in [-0.39, 0.29) is 17.8 Å². The summed E-state index contributed by atoms with van der Waals surface area (Å²) in [6, 6.07) is 3.21. The lowest BCUT2D eigenvalue weighted by molar-refractivity contribution is -0.142. The molecule has 12 heteroatoms. The molecule has 3 N–H and O–H groups in total. The molecule has 9 nitrogen and oxygen atoms in total. The van der Waals surface area contributed by atoms with E-state index in [2.05, 4.69) is 31.1 Å². The molecular formula is C16H17F3N8O. The summed E-state index contributed by atoms with van der Waals surface area (Å²) >= 11 is 0. The van der Waals surface area contributed by atoms with Crippen LogP contribution in [0.5, 0.6) is 0 Å². The number of alkyl halides is 3. The van der Waals surface area contributed by atoms with E-state index in [0.717, 1.165) is 17.5 Å². The van der Waals surface area contributed by atoms with Crippen LogP contribution < -0.4 is 16.0 Å². The highest BCUT2D eigenvalue weighted by atomic mass is 19.4. The first kappa shape index (κ1) is 18.1. The number of nitrogens with one attached hydrogen (secondary N) is 3. The van der Waals surface area contributed by atoms with Crippen molar-refractivity contribution in [1.82, 2.24) is 29.7 Å². The van der Waals surface area contributed by atoms with Gasteiger partial charge in [-0.25, -0.2) is 4.98 Å². The maximum atomic E-state index is 12.5. The van der Waals surface area contributed by atoms with E-state index in [1.165, 1.54) is 23.0 Å². The van der Waals surface area contributed by atoms with Crippen LogP contribution in [0.25, 0.3) is 5.65 Å². The smallest absolute Gasteiger partial charge is 0.373 e. The number of carbonyl (C=O) groups is 1. The number of hydrogen-bond donors (Lipinski definition) is 3. The Morgan fingerprint density at radius 1 is 1.32 bits per heavy atom. The van der Waals surface area contributed by atoms with Crippen molar-refractivity contribution in [2.24, 2.45) is 0 Å². The Morgan fingerprint density at radius 2 is 2.11 bits per heavy atom. The fraction of sp³-hybridized carbons (Fsp3) is 0.375. The number of amides is 1. The Morgan fingerprint density at radius 3 is 2.79 bits per heavy atom. The number of hydrogen-bond acceptors (Lipinski definition) is 6. The van der Waals surface area contributed by atoms with E-state index in [9.17, 15) is 18.0 Å². The molecule has 0 aromatic carbocycles.